The van der Waals surface area contributed by atoms with Crippen LogP contribution in [0.5, 0.6) is 0 Å². The predicted octanol–water partition coefficient (Wildman–Crippen LogP) is 0.668. The molecule has 0 aromatic carbocycles. The topological polar surface area (TPSA) is 64.4 Å². The number of aromatic nitrogens is 2. The SMILES string of the molecule is CCOC(=O)C1=Nc2ncncc2C1. The Hall–Kier alpha value is -1.78. The van der Waals surface area contributed by atoms with Gasteiger partial charge in [0.05, 0.1) is 6.61 Å². The summed E-state index contributed by atoms with van der Waals surface area (Å²) < 4.78 is 4.84. The molecule has 1 aromatic rings. The first kappa shape index (κ1) is 8.80. The first-order valence-corrected chi connectivity index (χ1v) is 4.35. The van der Waals surface area contributed by atoms with Gasteiger partial charge in [0.25, 0.3) is 0 Å². The minimum absolute atomic E-state index is 0.361. The molecule has 1 aromatic heterocycles. The molecule has 0 amide bonds. The summed E-state index contributed by atoms with van der Waals surface area (Å²) in [7, 11) is 0. The minimum atomic E-state index is -0.370. The average molecular weight is 191 g/mol. The van der Waals surface area contributed by atoms with Gasteiger partial charge in [-0.05, 0) is 6.92 Å². The lowest BCUT2D eigenvalue weighted by Gasteiger charge is -1.98. The molecule has 5 nitrogen and oxygen atoms in total. The molecular weight excluding hydrogens is 182 g/mol. The fourth-order valence-electron chi connectivity index (χ4n) is 1.26. The number of esters is 1. The number of aliphatic imine (C=N–C) groups is 1. The first-order valence-electron chi connectivity index (χ1n) is 4.35. The molecule has 2 rings (SSSR count). The van der Waals surface area contributed by atoms with Gasteiger partial charge in [-0.2, -0.15) is 0 Å². The van der Waals surface area contributed by atoms with E-state index in [2.05, 4.69) is 15.0 Å². The molecule has 14 heavy (non-hydrogen) atoms. The third-order valence-electron chi connectivity index (χ3n) is 1.87. The van der Waals surface area contributed by atoms with E-state index in [0.717, 1.165) is 5.56 Å². The van der Waals surface area contributed by atoms with Gasteiger partial charge in [0, 0.05) is 18.2 Å². The van der Waals surface area contributed by atoms with E-state index >= 15 is 0 Å². The van der Waals surface area contributed by atoms with Gasteiger partial charge >= 0.3 is 5.97 Å². The van der Waals surface area contributed by atoms with Gasteiger partial charge in [-0.25, -0.2) is 19.8 Å². The summed E-state index contributed by atoms with van der Waals surface area (Å²) in [4.78, 5) is 23.2. The molecule has 5 heteroatoms. The molecule has 2 heterocycles. The Morgan fingerprint density at radius 1 is 1.64 bits per heavy atom. The minimum Gasteiger partial charge on any atom is -0.461 e. The van der Waals surface area contributed by atoms with E-state index in [9.17, 15) is 4.79 Å². The normalized spacial score (nSPS) is 13.4. The average Bonchev–Trinajstić information content (AvgIpc) is 2.61. The summed E-state index contributed by atoms with van der Waals surface area (Å²) in [5.41, 5.74) is 1.28. The molecule has 0 aliphatic carbocycles. The number of hydrogen-bond donors (Lipinski definition) is 0. The van der Waals surface area contributed by atoms with Gasteiger partial charge in [-0.3, -0.25) is 0 Å². The van der Waals surface area contributed by atoms with Crippen molar-refractivity contribution in [3.8, 4) is 0 Å². The van der Waals surface area contributed by atoms with Crippen molar-refractivity contribution in [3.05, 3.63) is 18.1 Å². The quantitative estimate of drug-likeness (QED) is 0.644. The van der Waals surface area contributed by atoms with E-state index in [1.54, 1.807) is 13.1 Å². The molecule has 0 spiro atoms. The number of fused-ring (bicyclic) bond motifs is 1. The molecule has 0 bridgehead atoms. The number of nitrogens with zero attached hydrogens (tertiary/aromatic N) is 3. The molecule has 0 atom stereocenters. The van der Waals surface area contributed by atoms with Crippen molar-refractivity contribution in [3.63, 3.8) is 0 Å². The molecule has 0 saturated carbocycles. The number of hydrogen-bond acceptors (Lipinski definition) is 5. The van der Waals surface area contributed by atoms with Crippen molar-refractivity contribution in [1.29, 1.82) is 0 Å². The standard InChI is InChI=1S/C9H9N3O2/c1-2-14-9(13)7-3-6-4-10-5-11-8(6)12-7/h4-5H,2-3H2,1H3. The van der Waals surface area contributed by atoms with E-state index in [1.165, 1.54) is 6.33 Å². The summed E-state index contributed by atoms with van der Waals surface area (Å²) in [6.45, 7) is 2.13. The highest BCUT2D eigenvalue weighted by atomic mass is 16.5. The number of carbonyl (C=O) groups is 1. The molecule has 0 fully saturated rings. The van der Waals surface area contributed by atoms with Crippen LogP contribution in [-0.2, 0) is 16.0 Å². The van der Waals surface area contributed by atoms with E-state index in [-0.39, 0.29) is 5.97 Å². The molecule has 1 aliphatic heterocycles. The van der Waals surface area contributed by atoms with Gasteiger partial charge in [0.1, 0.15) is 12.0 Å². The Balaban J connectivity index is 2.19. The fraction of sp³-hybridized carbons (Fsp3) is 0.333. The molecule has 0 saturated heterocycles. The molecule has 0 unspecified atom stereocenters. The second-order valence-corrected chi connectivity index (χ2v) is 2.83. The second-order valence-electron chi connectivity index (χ2n) is 2.83. The van der Waals surface area contributed by atoms with Crippen LogP contribution in [0.25, 0.3) is 0 Å². The van der Waals surface area contributed by atoms with Gasteiger partial charge in [-0.1, -0.05) is 0 Å². The van der Waals surface area contributed by atoms with Crippen LogP contribution in [0.2, 0.25) is 0 Å². The summed E-state index contributed by atoms with van der Waals surface area (Å²) in [5, 5.41) is 0. The van der Waals surface area contributed by atoms with Gasteiger partial charge in [0.2, 0.25) is 0 Å². The van der Waals surface area contributed by atoms with Crippen LogP contribution in [0.4, 0.5) is 5.82 Å². The predicted molar refractivity (Wildman–Crippen MR) is 49.5 cm³/mol. The van der Waals surface area contributed by atoms with E-state index in [4.69, 9.17) is 4.74 Å². The Bertz CT molecular complexity index is 401. The van der Waals surface area contributed by atoms with Crippen molar-refractivity contribution in [2.75, 3.05) is 6.61 Å². The zero-order valence-corrected chi connectivity index (χ0v) is 7.73. The van der Waals surface area contributed by atoms with Gasteiger partial charge in [-0.15, -0.1) is 0 Å². The maximum Gasteiger partial charge on any atom is 0.353 e. The van der Waals surface area contributed by atoms with Crippen molar-refractivity contribution >= 4 is 17.5 Å². The number of ether oxygens (including phenoxy) is 1. The lowest BCUT2D eigenvalue weighted by atomic mass is 10.2. The second kappa shape index (κ2) is 3.53. The lowest BCUT2D eigenvalue weighted by molar-refractivity contribution is -0.135. The summed E-state index contributed by atoms with van der Waals surface area (Å²) >= 11 is 0. The molecule has 72 valence electrons. The van der Waals surface area contributed by atoms with Gasteiger partial charge < -0.3 is 4.74 Å². The number of rotatable bonds is 2. The Labute approximate surface area is 80.9 Å². The zero-order valence-electron chi connectivity index (χ0n) is 7.73. The van der Waals surface area contributed by atoms with Crippen molar-refractivity contribution in [2.24, 2.45) is 4.99 Å². The Morgan fingerprint density at radius 2 is 2.50 bits per heavy atom. The van der Waals surface area contributed by atoms with Crippen molar-refractivity contribution in [1.82, 2.24) is 9.97 Å². The summed E-state index contributed by atoms with van der Waals surface area (Å²) in [6, 6.07) is 0. The number of carbonyl (C=O) groups excluding carboxylic acids is 1. The smallest absolute Gasteiger partial charge is 0.353 e. The third kappa shape index (κ3) is 1.48. The van der Waals surface area contributed by atoms with Crippen LogP contribution in [-0.4, -0.2) is 28.3 Å². The maximum atomic E-state index is 11.3. The Kier molecular flexibility index (Phi) is 2.22. The largest absolute Gasteiger partial charge is 0.461 e. The monoisotopic (exact) mass is 191 g/mol. The molecule has 0 N–H and O–H groups in total. The summed E-state index contributed by atoms with van der Waals surface area (Å²) in [5.74, 6) is 0.202. The molecule has 1 aliphatic rings. The third-order valence-corrected chi connectivity index (χ3v) is 1.87. The van der Waals surface area contributed by atoms with Crippen LogP contribution >= 0.6 is 0 Å². The van der Waals surface area contributed by atoms with E-state index < -0.39 is 0 Å². The maximum absolute atomic E-state index is 11.3. The highest BCUT2D eigenvalue weighted by molar-refractivity contribution is 6.38. The van der Waals surface area contributed by atoms with Crippen LogP contribution < -0.4 is 0 Å². The van der Waals surface area contributed by atoms with Gasteiger partial charge in [0.15, 0.2) is 5.82 Å². The van der Waals surface area contributed by atoms with Crippen LogP contribution in [0.1, 0.15) is 12.5 Å². The lowest BCUT2D eigenvalue weighted by Crippen LogP contribution is -2.17. The van der Waals surface area contributed by atoms with Crippen molar-refractivity contribution in [2.45, 2.75) is 13.3 Å². The first-order chi connectivity index (χ1) is 6.81. The highest BCUT2D eigenvalue weighted by Gasteiger charge is 2.22. The van der Waals surface area contributed by atoms with E-state index in [1.807, 2.05) is 0 Å². The van der Waals surface area contributed by atoms with Crippen LogP contribution in [0.15, 0.2) is 17.5 Å². The Morgan fingerprint density at radius 3 is 3.21 bits per heavy atom. The molecule has 0 radical (unpaired) electrons. The van der Waals surface area contributed by atoms with Crippen LogP contribution in [0.3, 0.4) is 0 Å². The van der Waals surface area contributed by atoms with Crippen molar-refractivity contribution < 1.29 is 9.53 Å². The zero-order chi connectivity index (χ0) is 9.97. The van der Waals surface area contributed by atoms with Crippen LogP contribution in [0, 0.1) is 0 Å². The fourth-order valence-corrected chi connectivity index (χ4v) is 1.26. The molecular formula is C9H9N3O2. The van der Waals surface area contributed by atoms with E-state index in [0.29, 0.717) is 24.6 Å². The summed E-state index contributed by atoms with van der Waals surface area (Å²) in [6.07, 6.45) is 3.55. The highest BCUT2D eigenvalue weighted by Crippen LogP contribution is 2.22.